The second-order valence-electron chi connectivity index (χ2n) is 35.7. The summed E-state index contributed by atoms with van der Waals surface area (Å²) in [5.41, 5.74) is 22.9. The number of alkyl halides is 1. The topological polar surface area (TPSA) is 280 Å². The number of anilines is 9. The third kappa shape index (κ3) is 24.5. The van der Waals surface area contributed by atoms with E-state index in [1.54, 1.807) is 43.0 Å². The fraction of sp³-hybridized carbons (Fsp3) is 0.543. The number of nitrogens with one attached hydrogen (secondary N) is 2. The van der Waals surface area contributed by atoms with Gasteiger partial charge in [-0.3, -0.25) is 39.8 Å². The van der Waals surface area contributed by atoms with Crippen LogP contribution in [0.2, 0.25) is 15.2 Å². The molecule has 4 saturated heterocycles. The van der Waals surface area contributed by atoms with Crippen molar-refractivity contribution < 1.29 is 30.2 Å². The fourth-order valence-electron chi connectivity index (χ4n) is 17.7. The second kappa shape index (κ2) is 43.4. The van der Waals surface area contributed by atoms with Gasteiger partial charge in [0.15, 0.2) is 0 Å². The van der Waals surface area contributed by atoms with E-state index < -0.39 is 0 Å². The van der Waals surface area contributed by atoms with E-state index in [9.17, 15) is 20.2 Å². The quantitative estimate of drug-likeness (QED) is 0.0251. The molecule has 124 heavy (non-hydrogen) atoms. The number of nitro groups is 2. The van der Waals surface area contributed by atoms with Crippen LogP contribution in [0.15, 0.2) is 122 Å². The summed E-state index contributed by atoms with van der Waals surface area (Å²) >= 11 is 22.0. The minimum Gasteiger partial charge on any atom is -0.399 e. The molecule has 4 fully saturated rings. The number of hydrogen-bond acceptors (Lipinski definition) is 26. The van der Waals surface area contributed by atoms with Gasteiger partial charge in [0, 0.05) is 226 Å². The summed E-state index contributed by atoms with van der Waals surface area (Å²) < 4.78 is 21.5. The molecule has 4 aromatic heterocycles. The molecule has 14 heterocycles. The Morgan fingerprint density at radius 3 is 1.35 bits per heavy atom. The number of rotatable bonds is 17. The first-order valence-corrected chi connectivity index (χ1v) is 46.1. The Hall–Kier alpha value is -8.43. The Morgan fingerprint density at radius 2 is 0.879 bits per heavy atom. The van der Waals surface area contributed by atoms with Gasteiger partial charge < -0.3 is 59.8 Å². The van der Waals surface area contributed by atoms with Crippen molar-refractivity contribution in [1.29, 1.82) is 0 Å². The lowest BCUT2D eigenvalue weighted by molar-refractivity contribution is -0.385. The lowest BCUT2D eigenvalue weighted by atomic mass is 9.77. The fourth-order valence-corrected chi connectivity index (χ4v) is 19.0. The number of benzene rings is 4. The van der Waals surface area contributed by atoms with Gasteiger partial charge in [0.05, 0.1) is 97.2 Å². The highest BCUT2D eigenvalue weighted by Gasteiger charge is 2.37. The lowest BCUT2D eigenvalue weighted by Crippen LogP contribution is -2.44. The van der Waals surface area contributed by atoms with Crippen LogP contribution in [0.4, 0.5) is 63.0 Å². The first kappa shape index (κ1) is 93.2. The molecule has 670 valence electrons. The van der Waals surface area contributed by atoms with Crippen molar-refractivity contribution in [3.63, 3.8) is 0 Å². The van der Waals surface area contributed by atoms with Crippen LogP contribution in [0.25, 0.3) is 0 Å². The predicted octanol–water partition coefficient (Wildman–Crippen LogP) is 15.5. The first-order chi connectivity index (χ1) is 59.7. The molecule has 0 atom stereocenters. The Morgan fingerprint density at radius 1 is 0.468 bits per heavy atom. The third-order valence-electron chi connectivity index (χ3n) is 25.6. The molecule has 8 aromatic rings. The van der Waals surface area contributed by atoms with Crippen molar-refractivity contribution in [1.82, 2.24) is 49.5 Å². The zero-order chi connectivity index (χ0) is 87.6. The van der Waals surface area contributed by atoms with Gasteiger partial charge in [-0.2, -0.15) is 0 Å². The van der Waals surface area contributed by atoms with Crippen LogP contribution in [0, 0.1) is 20.2 Å². The summed E-state index contributed by atoms with van der Waals surface area (Å²) in [5.74, 6) is 2.48. The van der Waals surface area contributed by atoms with Crippen molar-refractivity contribution in [2.24, 2.45) is 0 Å². The van der Waals surface area contributed by atoms with E-state index in [0.29, 0.717) is 28.3 Å². The Balaban J connectivity index is 0.000000143. The lowest BCUT2D eigenvalue weighted by Gasteiger charge is -2.41. The number of halogens is 4. The molecule has 10 aliphatic rings. The van der Waals surface area contributed by atoms with Gasteiger partial charge in [0.2, 0.25) is 0 Å². The van der Waals surface area contributed by atoms with E-state index in [1.165, 1.54) is 46.4 Å². The number of nitro benzene ring substituents is 2. The Labute approximate surface area is 756 Å². The van der Waals surface area contributed by atoms with Crippen LogP contribution in [0.5, 0.6) is 0 Å². The van der Waals surface area contributed by atoms with E-state index in [1.807, 2.05) is 42.5 Å². The normalized spacial score (nSPS) is 19.4. The summed E-state index contributed by atoms with van der Waals surface area (Å²) in [6.45, 7) is 47.6. The smallest absolute Gasteiger partial charge is 0.271 e. The second-order valence-corrected chi connectivity index (χ2v) is 37.7. The molecule has 10 aliphatic heterocycles. The maximum atomic E-state index is 11.1. The number of nitrogen functional groups attached to an aromatic ring is 1. The summed E-state index contributed by atoms with van der Waals surface area (Å²) in [6, 6.07) is 31.0. The van der Waals surface area contributed by atoms with Crippen molar-refractivity contribution >= 4 is 114 Å². The molecule has 0 amide bonds. The van der Waals surface area contributed by atoms with Crippen molar-refractivity contribution in [2.75, 3.05) is 236 Å². The standard InChI is InChI=1S/C29H36ClN7O.C17H25N3O3.C17H27N3O.C12H10Cl2N4.C11H14N2O2.C6H12BrNO.H2/c1-29(2)8-11-36(13-12-35-14-16-38-17-15-35)26-18-21(5-6-23(26)29)34-27-22-7-10-37(19-25(22)32-20-33-27)28-24(30)4-3-9-31-28;1-17(2)5-6-19(8-7-18-9-11-23-12-10-18)16-13-14(20(21)22)3-4-15(16)17;1-17(2)5-6-20(8-7-19-9-11-21-12-10-19)16-13-14(18)3-4-15(16)17;13-9-2-1-4-15-12(9)18-5-3-8-10(6-18)16-7-17-11(8)14;1-11(2)5-6-12-10-7-8(13(14)15)3-4-9(10)11;7-1-2-8-3-5-9-6-4-8;/h3-6,9,18,20H,7-8,10-17,19H2,1-2H3,(H,32,33,34);3-4,13H,5-12H2,1-2H3;3-4,13H,5-12,18H2,1-2H3;1-2,4,7H,3,5-6H2;3-4,7,12H,5-6H2,1-2H3;1-6H2;1H. The minimum absolute atomic E-state index is 0. The van der Waals surface area contributed by atoms with Crippen LogP contribution >= 0.6 is 50.7 Å². The van der Waals surface area contributed by atoms with Gasteiger partial charge in [-0.15, -0.1) is 0 Å². The van der Waals surface area contributed by atoms with Gasteiger partial charge in [-0.05, 0) is 143 Å². The van der Waals surface area contributed by atoms with E-state index >= 15 is 0 Å². The summed E-state index contributed by atoms with van der Waals surface area (Å²) in [4.78, 5) is 68.9. The summed E-state index contributed by atoms with van der Waals surface area (Å²) in [6.07, 6.45) is 12.8. The Kier molecular flexibility index (Phi) is 32.6. The van der Waals surface area contributed by atoms with E-state index in [0.717, 1.165) is 290 Å². The van der Waals surface area contributed by atoms with Gasteiger partial charge >= 0.3 is 0 Å². The third-order valence-corrected chi connectivity index (χ3v) is 26.9. The monoisotopic (exact) mass is 1820 g/mol. The highest BCUT2D eigenvalue weighted by molar-refractivity contribution is 9.09. The molecular weight excluding hydrogens is 1700 g/mol. The number of pyridine rings is 2. The van der Waals surface area contributed by atoms with Crippen LogP contribution in [0.3, 0.4) is 0 Å². The molecule has 0 unspecified atom stereocenters. The van der Waals surface area contributed by atoms with Gasteiger partial charge in [0.1, 0.15) is 35.3 Å². The number of hydrogen-bond donors (Lipinski definition) is 3. The molecule has 32 heteroatoms. The van der Waals surface area contributed by atoms with Crippen LogP contribution in [-0.2, 0) is 66.5 Å². The number of nitrogens with two attached hydrogens (primary N) is 1. The molecule has 4 aromatic carbocycles. The van der Waals surface area contributed by atoms with Crippen LogP contribution in [-0.4, -0.2) is 255 Å². The van der Waals surface area contributed by atoms with Gasteiger partial charge in [-0.25, -0.2) is 29.9 Å². The van der Waals surface area contributed by atoms with Crippen molar-refractivity contribution in [2.45, 2.75) is 129 Å². The molecular formula is C92H126BrCl3N20O8. The minimum atomic E-state index is -0.358. The maximum Gasteiger partial charge on any atom is 0.271 e. The average Bonchev–Trinajstić information content (AvgIpc) is 0.704. The highest BCUT2D eigenvalue weighted by atomic mass is 79.9. The summed E-state index contributed by atoms with van der Waals surface area (Å²) in [7, 11) is 0. The molecule has 0 spiro atoms. The van der Waals surface area contributed by atoms with Gasteiger partial charge in [0.25, 0.3) is 11.4 Å². The molecule has 28 nitrogen and oxygen atoms in total. The predicted molar refractivity (Wildman–Crippen MR) is 504 cm³/mol. The van der Waals surface area contributed by atoms with Crippen molar-refractivity contribution in [3.05, 3.63) is 202 Å². The molecule has 4 N–H and O–H groups in total. The first-order valence-electron chi connectivity index (χ1n) is 43.9. The number of nitrogens with zero attached hydrogens (tertiary/aromatic N) is 17. The van der Waals surface area contributed by atoms with Gasteiger partial charge in [-0.1, -0.05) is 118 Å². The highest BCUT2D eigenvalue weighted by Crippen LogP contribution is 2.46. The van der Waals surface area contributed by atoms with Crippen molar-refractivity contribution in [3.8, 4) is 0 Å². The number of fused-ring (bicyclic) bond motifs is 6. The summed E-state index contributed by atoms with van der Waals surface area (Å²) in [5, 5.41) is 31.5. The number of non-ortho nitro benzene ring substituents is 2. The molecule has 18 rings (SSSR count). The molecule has 0 saturated carbocycles. The Bertz CT molecular complexity index is 4880. The van der Waals surface area contributed by atoms with E-state index in [2.05, 4.69) is 186 Å². The number of morpholine rings is 4. The zero-order valence-corrected chi connectivity index (χ0v) is 77.2. The van der Waals surface area contributed by atoms with Crippen LogP contribution < -0.4 is 40.9 Å². The number of ether oxygens (including phenoxy) is 4. The van der Waals surface area contributed by atoms with E-state index in [-0.39, 0.29) is 44.3 Å². The largest absolute Gasteiger partial charge is 0.399 e. The number of aromatic nitrogens is 6. The van der Waals surface area contributed by atoms with Crippen LogP contribution in [0.1, 0.15) is 127 Å². The molecule has 0 bridgehead atoms. The molecule has 0 aliphatic carbocycles. The SMILES string of the molecule is BrCCN1CCOCC1.CC1(C)CCN(CCN2CCOCC2)c2cc(N)ccc21.CC1(C)CCN(CCN2CCOCC2)c2cc(Nc3ncnc4c3CCN(c3ncccc3Cl)C4)ccc21.CC1(C)CCN(CCN2CCOCC2)c2cc([N+](=O)[O-])ccc21.CC1(C)CCNc2cc([N+](=O)[O-])ccc21.Clc1cccnc1N1CCc2c(Cl)ncnc2C1.[HH]. The zero-order valence-electron chi connectivity index (χ0n) is 73.4. The van der Waals surface area contributed by atoms with E-state index in [4.69, 9.17) is 59.5 Å². The molecule has 0 radical (unpaired) electrons. The maximum absolute atomic E-state index is 11.1. The average molecular weight is 1830 g/mol.